The summed E-state index contributed by atoms with van der Waals surface area (Å²) in [5, 5.41) is 0. The van der Waals surface area contributed by atoms with E-state index >= 15 is 0 Å². The van der Waals surface area contributed by atoms with Crippen molar-refractivity contribution in [1.82, 2.24) is 9.55 Å². The molecule has 0 atom stereocenters. The highest BCUT2D eigenvalue weighted by atomic mass is 32.2. The number of aryl methyl sites for hydroxylation is 1. The van der Waals surface area contributed by atoms with E-state index in [1.807, 2.05) is 10.8 Å². The van der Waals surface area contributed by atoms with Crippen LogP contribution in [0.2, 0.25) is 0 Å². The lowest BCUT2D eigenvalue weighted by Gasteiger charge is -2.03. The van der Waals surface area contributed by atoms with Gasteiger partial charge in [0, 0.05) is 18.9 Å². The Bertz CT molecular complexity index is 554. The van der Waals surface area contributed by atoms with Crippen molar-refractivity contribution in [1.29, 1.82) is 0 Å². The van der Waals surface area contributed by atoms with Crippen LogP contribution in [0.15, 0.2) is 19.0 Å². The lowest BCUT2D eigenvalue weighted by molar-refractivity contribution is 0.275. The van der Waals surface area contributed by atoms with Crippen LogP contribution in [0.1, 0.15) is 18.7 Å². The van der Waals surface area contributed by atoms with Gasteiger partial charge >= 0.3 is 7.82 Å². The van der Waals surface area contributed by atoms with Crippen LogP contribution in [0.5, 0.6) is 0 Å². The maximum atomic E-state index is 10.4. The third kappa shape index (κ3) is 12.0. The van der Waals surface area contributed by atoms with E-state index in [9.17, 15) is 8.42 Å². The lowest BCUT2D eigenvalue weighted by Crippen LogP contribution is -2.06. The normalized spacial score (nSPS) is 11.6. The Morgan fingerprint density at radius 2 is 1.90 bits per heavy atom. The molecule has 0 unspecified atom stereocenters. The van der Waals surface area contributed by atoms with Crippen molar-refractivity contribution < 1.29 is 32.2 Å². The van der Waals surface area contributed by atoms with Crippen molar-refractivity contribution in [2.45, 2.75) is 19.4 Å². The van der Waals surface area contributed by atoms with Gasteiger partial charge in [0.2, 0.25) is 0 Å². The second kappa shape index (κ2) is 8.30. The van der Waals surface area contributed by atoms with Gasteiger partial charge in [0.05, 0.1) is 5.75 Å². The van der Waals surface area contributed by atoms with Gasteiger partial charge in [0.1, 0.15) is 5.82 Å². The number of hydrogen-bond acceptors (Lipinski definition) is 4. The zero-order chi connectivity index (χ0) is 15.8. The molecule has 0 aliphatic rings. The van der Waals surface area contributed by atoms with Crippen molar-refractivity contribution >= 4 is 24.0 Å². The number of hydrogen-bond donors (Lipinski definition) is 4. The van der Waals surface area contributed by atoms with E-state index in [-0.39, 0.29) is 5.75 Å². The van der Waals surface area contributed by atoms with E-state index in [2.05, 4.69) is 11.6 Å². The molecule has 0 aliphatic carbocycles. The molecule has 20 heavy (non-hydrogen) atoms. The van der Waals surface area contributed by atoms with Gasteiger partial charge < -0.3 is 19.2 Å². The Morgan fingerprint density at radius 3 is 2.35 bits per heavy atom. The highest BCUT2D eigenvalue weighted by molar-refractivity contribution is 7.85. The zero-order valence-corrected chi connectivity index (χ0v) is 12.2. The molecule has 0 fully saturated rings. The van der Waals surface area contributed by atoms with Crippen LogP contribution in [-0.2, 0) is 21.2 Å². The number of nitrogens with zero attached hydrogens (tertiary/aromatic N) is 2. The fourth-order valence-corrected chi connectivity index (χ4v) is 1.84. The summed E-state index contributed by atoms with van der Waals surface area (Å²) in [4.78, 5) is 25.6. The summed E-state index contributed by atoms with van der Waals surface area (Å²) in [7, 11) is -8.46. The van der Waals surface area contributed by atoms with Gasteiger partial charge in [-0.15, -0.1) is 0 Å². The Labute approximate surface area is 116 Å². The summed E-state index contributed by atoms with van der Waals surface area (Å²) < 4.78 is 40.2. The largest absolute Gasteiger partial charge is 0.466 e. The minimum Gasteiger partial charge on any atom is -0.332 e. The molecule has 9 nitrogen and oxygen atoms in total. The summed E-state index contributed by atoms with van der Waals surface area (Å²) >= 11 is 0. The van der Waals surface area contributed by atoms with E-state index in [1.54, 1.807) is 12.3 Å². The Balaban J connectivity index is 0.000000621. The standard InChI is InChI=1S/C9H14N2O3S.H3O4P/c1-2-9-10-5-7-11(9)6-3-4-8-15(12,13)14;1-5(2,3)4/h2,5,7H,1,3-4,6,8H2,(H,12,13,14);(H3,1,2,3,4). The van der Waals surface area contributed by atoms with Crippen LogP contribution in [0.25, 0.3) is 6.08 Å². The third-order valence-electron chi connectivity index (χ3n) is 1.98. The number of imidazole rings is 1. The van der Waals surface area contributed by atoms with Crippen LogP contribution in [0.4, 0.5) is 0 Å². The molecule has 11 heteroatoms. The Hall–Kier alpha value is -1.03. The van der Waals surface area contributed by atoms with E-state index < -0.39 is 17.9 Å². The molecule has 4 N–H and O–H groups in total. The molecular formula is C9H17N2O7PS. The van der Waals surface area contributed by atoms with Crippen molar-refractivity contribution in [3.05, 3.63) is 24.8 Å². The molecule has 1 aromatic rings. The second-order valence-corrected chi connectivity index (χ2v) is 6.29. The quantitative estimate of drug-likeness (QED) is 0.330. The van der Waals surface area contributed by atoms with Gasteiger partial charge in [0.25, 0.3) is 10.1 Å². The Morgan fingerprint density at radius 1 is 1.35 bits per heavy atom. The van der Waals surface area contributed by atoms with Gasteiger partial charge in [-0.3, -0.25) is 4.55 Å². The molecule has 0 radical (unpaired) electrons. The van der Waals surface area contributed by atoms with Gasteiger partial charge in [-0.1, -0.05) is 6.58 Å². The van der Waals surface area contributed by atoms with Gasteiger partial charge in [0.15, 0.2) is 0 Å². The number of unbranched alkanes of at least 4 members (excludes halogenated alkanes) is 1. The highest BCUT2D eigenvalue weighted by Gasteiger charge is 2.04. The van der Waals surface area contributed by atoms with Crippen LogP contribution >= 0.6 is 7.82 Å². The van der Waals surface area contributed by atoms with Crippen LogP contribution in [0, 0.1) is 0 Å². The SMILES string of the molecule is C=Cc1nccn1CCCCS(=O)(=O)O.O=P(O)(O)O. The predicted molar refractivity (Wildman–Crippen MR) is 72.2 cm³/mol. The second-order valence-electron chi connectivity index (χ2n) is 3.69. The van der Waals surface area contributed by atoms with E-state index in [4.69, 9.17) is 23.8 Å². The first-order chi connectivity index (χ1) is 9.03. The summed E-state index contributed by atoms with van der Waals surface area (Å²) in [6.45, 7) is 4.29. The molecule has 1 heterocycles. The number of phosphoric acid groups is 1. The first-order valence-corrected chi connectivity index (χ1v) is 8.57. The molecule has 0 bridgehead atoms. The highest BCUT2D eigenvalue weighted by Crippen LogP contribution is 2.25. The topological polar surface area (TPSA) is 150 Å². The average molecular weight is 328 g/mol. The molecule has 116 valence electrons. The van der Waals surface area contributed by atoms with Gasteiger partial charge in [-0.2, -0.15) is 8.42 Å². The fourth-order valence-electron chi connectivity index (χ4n) is 1.27. The van der Waals surface area contributed by atoms with E-state index in [0.717, 1.165) is 5.82 Å². The molecule has 1 aromatic heterocycles. The summed E-state index contributed by atoms with van der Waals surface area (Å²) in [5.41, 5.74) is 0. The lowest BCUT2D eigenvalue weighted by atomic mass is 10.3. The van der Waals surface area contributed by atoms with Crippen LogP contribution < -0.4 is 0 Å². The predicted octanol–water partition coefficient (Wildman–Crippen LogP) is 0.265. The number of rotatable bonds is 6. The van der Waals surface area contributed by atoms with Crippen molar-refractivity contribution in [2.24, 2.45) is 0 Å². The minimum absolute atomic E-state index is 0.189. The molecule has 0 amide bonds. The molecule has 0 saturated heterocycles. The Kier molecular flexibility index (Phi) is 7.87. The molecular weight excluding hydrogens is 311 g/mol. The van der Waals surface area contributed by atoms with Gasteiger partial charge in [-0.05, 0) is 18.9 Å². The average Bonchev–Trinajstić information content (AvgIpc) is 2.68. The molecule has 0 saturated carbocycles. The third-order valence-corrected chi connectivity index (χ3v) is 2.79. The van der Waals surface area contributed by atoms with E-state index in [1.165, 1.54) is 0 Å². The van der Waals surface area contributed by atoms with Crippen LogP contribution in [0.3, 0.4) is 0 Å². The van der Waals surface area contributed by atoms with E-state index in [0.29, 0.717) is 19.4 Å². The summed E-state index contributed by atoms with van der Waals surface area (Å²) in [6, 6.07) is 0. The maximum Gasteiger partial charge on any atom is 0.466 e. The minimum atomic E-state index is -4.64. The van der Waals surface area contributed by atoms with Crippen molar-refractivity contribution in [2.75, 3.05) is 5.75 Å². The fraction of sp³-hybridized carbons (Fsp3) is 0.444. The zero-order valence-electron chi connectivity index (χ0n) is 10.5. The monoisotopic (exact) mass is 328 g/mol. The van der Waals surface area contributed by atoms with Gasteiger partial charge in [-0.25, -0.2) is 9.55 Å². The van der Waals surface area contributed by atoms with Crippen molar-refractivity contribution in [3.63, 3.8) is 0 Å². The summed E-state index contributed by atoms with van der Waals surface area (Å²) in [5.74, 6) is 0.576. The van der Waals surface area contributed by atoms with Crippen LogP contribution in [-0.4, -0.2) is 43.0 Å². The molecule has 1 rings (SSSR count). The maximum absolute atomic E-state index is 10.4. The summed E-state index contributed by atoms with van der Waals surface area (Å²) in [6.07, 6.45) is 6.23. The first kappa shape index (κ1) is 19.0. The number of aromatic nitrogens is 2. The van der Waals surface area contributed by atoms with Crippen molar-refractivity contribution in [3.8, 4) is 0 Å². The smallest absolute Gasteiger partial charge is 0.332 e. The molecule has 0 spiro atoms. The molecule has 0 aromatic carbocycles. The first-order valence-electron chi connectivity index (χ1n) is 5.40. The molecule has 0 aliphatic heterocycles.